The summed E-state index contributed by atoms with van der Waals surface area (Å²) in [5.74, 6) is -4.59. The molecule has 2 aromatic heterocycles. The average Bonchev–Trinajstić information content (AvgIpc) is 3.32. The maximum absolute atomic E-state index is 12.5. The molecule has 0 spiro atoms. The maximum Gasteiger partial charge on any atom is 0.320 e. The first kappa shape index (κ1) is 21.3. The van der Waals surface area contributed by atoms with E-state index >= 15 is 0 Å². The molecule has 0 saturated heterocycles. The van der Waals surface area contributed by atoms with Crippen LogP contribution in [0.1, 0.15) is 16.7 Å². The summed E-state index contributed by atoms with van der Waals surface area (Å²) in [6.45, 7) is 1.80. The SMILES string of the molecule is Cc1cc(NS(=O)(=O)c2ccc(NC(c3ccco3)C(C(=O)O)C(=O)O)cc2)ns1. The molecule has 3 aromatic rings. The van der Waals surface area contributed by atoms with E-state index in [1.807, 2.05) is 0 Å². The van der Waals surface area contributed by atoms with Crippen molar-refractivity contribution in [2.24, 2.45) is 5.92 Å². The van der Waals surface area contributed by atoms with Gasteiger partial charge in [-0.1, -0.05) is 0 Å². The van der Waals surface area contributed by atoms with E-state index in [0.717, 1.165) is 16.4 Å². The summed E-state index contributed by atoms with van der Waals surface area (Å²) < 4.78 is 36.5. The van der Waals surface area contributed by atoms with E-state index in [1.165, 1.54) is 42.7 Å². The molecule has 4 N–H and O–H groups in total. The number of hydrogen-bond acceptors (Lipinski definition) is 8. The Labute approximate surface area is 175 Å². The molecule has 158 valence electrons. The van der Waals surface area contributed by atoms with Crippen LogP contribution in [0.5, 0.6) is 0 Å². The summed E-state index contributed by atoms with van der Waals surface area (Å²) in [5, 5.41) is 21.5. The number of aliphatic carboxylic acids is 2. The second-order valence-corrected chi connectivity index (χ2v) is 8.94. The molecule has 0 saturated carbocycles. The van der Waals surface area contributed by atoms with Crippen LogP contribution in [0.25, 0.3) is 0 Å². The normalized spacial score (nSPS) is 12.5. The van der Waals surface area contributed by atoms with Gasteiger partial charge in [-0.3, -0.25) is 14.3 Å². The van der Waals surface area contributed by atoms with Gasteiger partial charge >= 0.3 is 11.9 Å². The molecule has 30 heavy (non-hydrogen) atoms. The van der Waals surface area contributed by atoms with E-state index in [1.54, 1.807) is 13.0 Å². The minimum Gasteiger partial charge on any atom is -0.481 e. The molecule has 0 aliphatic heterocycles. The molecular weight excluding hydrogens is 434 g/mol. The van der Waals surface area contributed by atoms with Gasteiger partial charge in [-0.2, -0.15) is 4.37 Å². The number of anilines is 2. The number of furan rings is 1. The molecule has 1 atom stereocenters. The van der Waals surface area contributed by atoms with Gasteiger partial charge < -0.3 is 19.9 Å². The number of carboxylic acid groups (broad SMARTS) is 2. The van der Waals surface area contributed by atoms with Gasteiger partial charge in [-0.05, 0) is 60.9 Å². The zero-order valence-corrected chi connectivity index (χ0v) is 17.1. The predicted molar refractivity (Wildman–Crippen MR) is 108 cm³/mol. The highest BCUT2D eigenvalue weighted by Crippen LogP contribution is 2.29. The van der Waals surface area contributed by atoms with Crippen LogP contribution in [0.4, 0.5) is 11.5 Å². The van der Waals surface area contributed by atoms with E-state index < -0.39 is 33.9 Å². The van der Waals surface area contributed by atoms with Crippen LogP contribution in [0, 0.1) is 12.8 Å². The number of nitrogens with one attached hydrogen (secondary N) is 2. The Hall–Kier alpha value is -3.38. The Kier molecular flexibility index (Phi) is 6.08. The van der Waals surface area contributed by atoms with E-state index in [-0.39, 0.29) is 16.5 Å². The van der Waals surface area contributed by atoms with Gasteiger partial charge in [-0.25, -0.2) is 8.42 Å². The first-order chi connectivity index (χ1) is 14.2. The molecule has 12 heteroatoms. The molecule has 0 aliphatic rings. The van der Waals surface area contributed by atoms with Crippen molar-refractivity contribution in [2.45, 2.75) is 17.9 Å². The molecular formula is C18H17N3O7S2. The van der Waals surface area contributed by atoms with Crippen LogP contribution >= 0.6 is 11.5 Å². The fourth-order valence-electron chi connectivity index (χ4n) is 2.70. The van der Waals surface area contributed by atoms with Crippen molar-refractivity contribution < 1.29 is 32.6 Å². The smallest absolute Gasteiger partial charge is 0.320 e. The van der Waals surface area contributed by atoms with Gasteiger partial charge in [0.15, 0.2) is 11.7 Å². The molecule has 3 rings (SSSR count). The van der Waals surface area contributed by atoms with Crippen molar-refractivity contribution in [3.8, 4) is 0 Å². The third-order valence-electron chi connectivity index (χ3n) is 4.07. The van der Waals surface area contributed by atoms with Crippen molar-refractivity contribution >= 4 is 45.0 Å². The Morgan fingerprint density at radius 1 is 1.13 bits per heavy atom. The molecule has 0 radical (unpaired) electrons. The largest absolute Gasteiger partial charge is 0.481 e. The van der Waals surface area contributed by atoms with Crippen molar-refractivity contribution in [3.05, 3.63) is 59.4 Å². The summed E-state index contributed by atoms with van der Waals surface area (Å²) in [5.41, 5.74) is 0.312. The number of carbonyl (C=O) groups is 2. The Morgan fingerprint density at radius 3 is 2.30 bits per heavy atom. The molecule has 0 aliphatic carbocycles. The Bertz CT molecular complexity index is 1120. The van der Waals surface area contributed by atoms with Crippen molar-refractivity contribution in [3.63, 3.8) is 0 Å². The Morgan fingerprint density at radius 2 is 1.80 bits per heavy atom. The number of aryl methyl sites for hydroxylation is 1. The number of hydrogen-bond donors (Lipinski definition) is 4. The van der Waals surface area contributed by atoms with Crippen LogP contribution in [-0.4, -0.2) is 34.9 Å². The van der Waals surface area contributed by atoms with Gasteiger partial charge in [0.25, 0.3) is 10.0 Å². The average molecular weight is 451 g/mol. The summed E-state index contributed by atoms with van der Waals surface area (Å²) in [6, 6.07) is 8.76. The fourth-order valence-corrected chi connectivity index (χ4v) is 4.25. The lowest BCUT2D eigenvalue weighted by Gasteiger charge is -2.21. The predicted octanol–water partition coefficient (Wildman–Crippen LogP) is 2.78. The molecule has 1 unspecified atom stereocenters. The second-order valence-electron chi connectivity index (χ2n) is 6.24. The number of rotatable bonds is 9. The molecule has 10 nitrogen and oxygen atoms in total. The first-order valence-electron chi connectivity index (χ1n) is 8.49. The first-order valence-corrected chi connectivity index (χ1v) is 10.7. The quantitative estimate of drug-likeness (QED) is 0.359. The lowest BCUT2D eigenvalue weighted by atomic mass is 9.97. The Balaban J connectivity index is 1.83. The van der Waals surface area contributed by atoms with E-state index in [0.29, 0.717) is 5.69 Å². The molecule has 0 bridgehead atoms. The van der Waals surface area contributed by atoms with Crippen molar-refractivity contribution in [1.82, 2.24) is 4.37 Å². The second kappa shape index (κ2) is 8.55. The highest BCUT2D eigenvalue weighted by Gasteiger charge is 2.37. The lowest BCUT2D eigenvalue weighted by Crippen LogP contribution is -2.33. The van der Waals surface area contributed by atoms with Gasteiger partial charge in [-0.15, -0.1) is 0 Å². The minimum absolute atomic E-state index is 0.0405. The van der Waals surface area contributed by atoms with E-state index in [9.17, 15) is 28.2 Å². The van der Waals surface area contributed by atoms with Gasteiger partial charge in [0, 0.05) is 10.6 Å². The van der Waals surface area contributed by atoms with E-state index in [4.69, 9.17) is 4.42 Å². The van der Waals surface area contributed by atoms with Gasteiger partial charge in [0.2, 0.25) is 0 Å². The maximum atomic E-state index is 12.5. The monoisotopic (exact) mass is 451 g/mol. The van der Waals surface area contributed by atoms with Crippen LogP contribution in [0.2, 0.25) is 0 Å². The number of sulfonamides is 1. The summed E-state index contributed by atoms with van der Waals surface area (Å²) in [6.07, 6.45) is 1.30. The highest BCUT2D eigenvalue weighted by molar-refractivity contribution is 7.92. The zero-order valence-electron chi connectivity index (χ0n) is 15.5. The highest BCUT2D eigenvalue weighted by atomic mass is 32.2. The fraction of sp³-hybridized carbons (Fsp3) is 0.167. The topological polar surface area (TPSA) is 159 Å². The van der Waals surface area contributed by atoms with Crippen molar-refractivity contribution in [1.29, 1.82) is 0 Å². The van der Waals surface area contributed by atoms with Crippen LogP contribution in [-0.2, 0) is 19.6 Å². The number of benzene rings is 1. The zero-order chi connectivity index (χ0) is 21.9. The minimum atomic E-state index is -3.87. The number of nitrogens with zero attached hydrogens (tertiary/aromatic N) is 1. The van der Waals surface area contributed by atoms with Gasteiger partial charge in [0.1, 0.15) is 11.8 Å². The van der Waals surface area contributed by atoms with Crippen LogP contribution in [0.3, 0.4) is 0 Å². The number of aromatic nitrogens is 1. The molecule has 2 heterocycles. The lowest BCUT2D eigenvalue weighted by molar-refractivity contribution is -0.155. The van der Waals surface area contributed by atoms with Crippen molar-refractivity contribution in [2.75, 3.05) is 10.0 Å². The summed E-state index contributed by atoms with van der Waals surface area (Å²) in [7, 11) is -3.87. The number of carboxylic acids is 2. The van der Waals surface area contributed by atoms with Crippen LogP contribution < -0.4 is 10.0 Å². The molecule has 0 fully saturated rings. The van der Waals surface area contributed by atoms with E-state index in [2.05, 4.69) is 14.4 Å². The molecule has 1 aromatic carbocycles. The summed E-state index contributed by atoms with van der Waals surface area (Å²) >= 11 is 1.16. The van der Waals surface area contributed by atoms with Gasteiger partial charge in [0.05, 0.1) is 11.2 Å². The standard InChI is InChI=1S/C18H17N3O7S2/c1-10-9-14(20-29-10)21-30(26,27)12-6-4-11(5-7-12)19-16(13-3-2-8-28-13)15(17(22)23)18(24)25/h2-9,15-16,19H,1H3,(H,20,21)(H,22,23)(H,24,25). The van der Waals surface area contributed by atoms with Crippen LogP contribution in [0.15, 0.2) is 58.0 Å². The third-order valence-corrected chi connectivity index (χ3v) is 6.13. The molecule has 0 amide bonds. The third kappa shape index (κ3) is 4.78. The summed E-state index contributed by atoms with van der Waals surface area (Å²) in [4.78, 5) is 23.8.